The van der Waals surface area contributed by atoms with Crippen LogP contribution in [-0.2, 0) is 0 Å². The third-order valence-corrected chi connectivity index (χ3v) is 3.87. The van der Waals surface area contributed by atoms with Crippen LogP contribution in [0.1, 0.15) is 42.5 Å². The maximum Gasteiger partial charge on any atom is 0.176 e. The smallest absolute Gasteiger partial charge is 0.176 e. The van der Waals surface area contributed by atoms with Crippen LogP contribution in [0, 0.1) is 11.7 Å². The lowest BCUT2D eigenvalue weighted by Crippen LogP contribution is -2.31. The number of rotatable bonds is 5. The quantitative estimate of drug-likeness (QED) is 0.758. The highest BCUT2D eigenvalue weighted by molar-refractivity contribution is 5.97. The molecule has 0 unspecified atom stereocenters. The zero-order chi connectivity index (χ0) is 13.7. The second-order valence-electron chi connectivity index (χ2n) is 5.63. The van der Waals surface area contributed by atoms with Crippen molar-refractivity contribution < 1.29 is 9.18 Å². The number of hydrogen-bond donors (Lipinski definition) is 0. The maximum atomic E-state index is 12.8. The minimum Gasteiger partial charge on any atom is -0.299 e. The van der Waals surface area contributed by atoms with Crippen LogP contribution in [0.2, 0.25) is 0 Å². The Kier molecular flexibility index (Phi) is 5.08. The van der Waals surface area contributed by atoms with Crippen molar-refractivity contribution in [3.8, 4) is 0 Å². The standard InChI is InChI=1S/C16H22FNO/c1-18(11-13-5-3-2-4-6-13)12-16(19)14-7-9-15(17)10-8-14/h7-10,13H,2-6,11-12H2,1H3. The van der Waals surface area contributed by atoms with E-state index in [4.69, 9.17) is 0 Å². The van der Waals surface area contributed by atoms with Gasteiger partial charge in [-0.25, -0.2) is 4.39 Å². The molecule has 0 N–H and O–H groups in total. The average Bonchev–Trinajstić information content (AvgIpc) is 2.40. The van der Waals surface area contributed by atoms with Crippen LogP contribution in [0.4, 0.5) is 4.39 Å². The summed E-state index contributed by atoms with van der Waals surface area (Å²) in [6, 6.07) is 5.81. The van der Waals surface area contributed by atoms with Gasteiger partial charge >= 0.3 is 0 Å². The second-order valence-corrected chi connectivity index (χ2v) is 5.63. The average molecular weight is 263 g/mol. The largest absolute Gasteiger partial charge is 0.299 e. The van der Waals surface area contributed by atoms with Gasteiger partial charge in [0.25, 0.3) is 0 Å². The van der Waals surface area contributed by atoms with Gasteiger partial charge in [0.1, 0.15) is 5.82 Å². The summed E-state index contributed by atoms with van der Waals surface area (Å²) < 4.78 is 12.8. The molecule has 1 fully saturated rings. The fraction of sp³-hybridized carbons (Fsp3) is 0.562. The van der Waals surface area contributed by atoms with Gasteiger partial charge in [0, 0.05) is 12.1 Å². The summed E-state index contributed by atoms with van der Waals surface area (Å²) in [5, 5.41) is 0. The first-order chi connectivity index (χ1) is 9.15. The second kappa shape index (κ2) is 6.80. The van der Waals surface area contributed by atoms with Gasteiger partial charge in [-0.1, -0.05) is 19.3 Å². The van der Waals surface area contributed by atoms with E-state index in [0.717, 1.165) is 12.5 Å². The molecule has 2 rings (SSSR count). The van der Waals surface area contributed by atoms with Gasteiger partial charge in [0.05, 0.1) is 6.54 Å². The number of nitrogens with zero attached hydrogens (tertiary/aromatic N) is 1. The molecular weight excluding hydrogens is 241 g/mol. The molecule has 0 saturated heterocycles. The minimum atomic E-state index is -0.299. The number of hydrogen-bond acceptors (Lipinski definition) is 2. The molecule has 3 heteroatoms. The van der Waals surface area contributed by atoms with Crippen LogP contribution in [0.25, 0.3) is 0 Å². The minimum absolute atomic E-state index is 0.0679. The molecule has 0 radical (unpaired) electrons. The monoisotopic (exact) mass is 263 g/mol. The van der Waals surface area contributed by atoms with Crippen molar-refractivity contribution in [2.45, 2.75) is 32.1 Å². The van der Waals surface area contributed by atoms with Gasteiger partial charge in [-0.15, -0.1) is 0 Å². The number of halogens is 1. The van der Waals surface area contributed by atoms with Gasteiger partial charge in [0.15, 0.2) is 5.78 Å². The summed E-state index contributed by atoms with van der Waals surface area (Å²) in [7, 11) is 2.00. The molecule has 2 nitrogen and oxygen atoms in total. The molecule has 0 bridgehead atoms. The van der Waals surface area contributed by atoms with Crippen LogP contribution in [0.3, 0.4) is 0 Å². The predicted molar refractivity (Wildman–Crippen MR) is 74.8 cm³/mol. The zero-order valence-corrected chi connectivity index (χ0v) is 11.6. The van der Waals surface area contributed by atoms with E-state index in [1.807, 2.05) is 7.05 Å². The summed E-state index contributed by atoms with van der Waals surface area (Å²) >= 11 is 0. The molecule has 0 spiro atoms. The molecule has 1 aromatic carbocycles. The highest BCUT2D eigenvalue weighted by Gasteiger charge is 2.17. The summed E-state index contributed by atoms with van der Waals surface area (Å²) in [4.78, 5) is 14.1. The number of benzene rings is 1. The third-order valence-electron chi connectivity index (χ3n) is 3.87. The topological polar surface area (TPSA) is 20.3 Å². The van der Waals surface area contributed by atoms with Crippen LogP contribution >= 0.6 is 0 Å². The highest BCUT2D eigenvalue weighted by atomic mass is 19.1. The van der Waals surface area contributed by atoms with E-state index in [2.05, 4.69) is 4.90 Å². The third kappa shape index (κ3) is 4.43. The molecule has 1 aromatic rings. The number of carbonyl (C=O) groups excluding carboxylic acids is 1. The van der Waals surface area contributed by atoms with Crippen molar-refractivity contribution in [3.05, 3.63) is 35.6 Å². The highest BCUT2D eigenvalue weighted by Crippen LogP contribution is 2.24. The Morgan fingerprint density at radius 1 is 1.21 bits per heavy atom. The number of ketones is 1. The van der Waals surface area contributed by atoms with E-state index in [1.54, 1.807) is 12.1 Å². The van der Waals surface area contributed by atoms with E-state index in [1.165, 1.54) is 44.2 Å². The summed E-state index contributed by atoms with van der Waals surface area (Å²) in [6.07, 6.45) is 6.58. The first kappa shape index (κ1) is 14.2. The van der Waals surface area contributed by atoms with E-state index in [9.17, 15) is 9.18 Å². The van der Waals surface area contributed by atoms with Crippen LogP contribution < -0.4 is 0 Å². The Morgan fingerprint density at radius 3 is 2.47 bits per heavy atom. The van der Waals surface area contributed by atoms with Crippen molar-refractivity contribution in [1.82, 2.24) is 4.90 Å². The lowest BCUT2D eigenvalue weighted by molar-refractivity contribution is 0.0932. The Hall–Kier alpha value is -1.22. The molecule has 0 aromatic heterocycles. The Labute approximate surface area is 114 Å². The molecular formula is C16H22FNO. The van der Waals surface area contributed by atoms with Gasteiger partial charge < -0.3 is 0 Å². The van der Waals surface area contributed by atoms with E-state index >= 15 is 0 Å². The lowest BCUT2D eigenvalue weighted by Gasteiger charge is -2.26. The van der Waals surface area contributed by atoms with Gasteiger partial charge in [-0.3, -0.25) is 9.69 Å². The van der Waals surface area contributed by atoms with Gasteiger partial charge in [-0.2, -0.15) is 0 Å². The molecule has 1 saturated carbocycles. The normalized spacial score (nSPS) is 16.8. The Morgan fingerprint density at radius 2 is 1.84 bits per heavy atom. The Balaban J connectivity index is 1.82. The first-order valence-corrected chi connectivity index (χ1v) is 7.12. The number of Topliss-reactive ketones (excluding diaryl/α,β-unsaturated/α-hetero) is 1. The van der Waals surface area contributed by atoms with Crippen LogP contribution in [0.15, 0.2) is 24.3 Å². The SMILES string of the molecule is CN(CC(=O)c1ccc(F)cc1)CC1CCCCC1. The first-order valence-electron chi connectivity index (χ1n) is 7.12. The number of likely N-dealkylation sites (N-methyl/N-ethyl adjacent to an activating group) is 1. The summed E-state index contributed by atoms with van der Waals surface area (Å²) in [6.45, 7) is 1.41. The zero-order valence-electron chi connectivity index (χ0n) is 11.6. The predicted octanol–water partition coefficient (Wildman–Crippen LogP) is 3.52. The molecule has 1 aliphatic rings. The lowest BCUT2D eigenvalue weighted by atomic mass is 9.89. The fourth-order valence-corrected chi connectivity index (χ4v) is 2.85. The molecule has 0 atom stereocenters. The van der Waals surface area contributed by atoms with E-state index in [0.29, 0.717) is 12.1 Å². The molecule has 104 valence electrons. The van der Waals surface area contributed by atoms with Crippen molar-refractivity contribution in [3.63, 3.8) is 0 Å². The van der Waals surface area contributed by atoms with Crippen molar-refractivity contribution in [2.24, 2.45) is 5.92 Å². The van der Waals surface area contributed by atoms with Crippen LogP contribution in [-0.4, -0.2) is 30.8 Å². The van der Waals surface area contributed by atoms with Gasteiger partial charge in [0.2, 0.25) is 0 Å². The summed E-state index contributed by atoms with van der Waals surface area (Å²) in [5.41, 5.74) is 0.594. The van der Waals surface area contributed by atoms with Crippen molar-refractivity contribution in [1.29, 1.82) is 0 Å². The Bertz CT molecular complexity index is 409. The van der Waals surface area contributed by atoms with Crippen molar-refractivity contribution >= 4 is 5.78 Å². The molecule has 0 amide bonds. The molecule has 1 aliphatic carbocycles. The molecule has 0 aliphatic heterocycles. The fourth-order valence-electron chi connectivity index (χ4n) is 2.85. The van der Waals surface area contributed by atoms with Gasteiger partial charge in [-0.05, 0) is 50.1 Å². The maximum absolute atomic E-state index is 12.8. The number of carbonyl (C=O) groups is 1. The van der Waals surface area contributed by atoms with E-state index < -0.39 is 0 Å². The molecule has 19 heavy (non-hydrogen) atoms. The van der Waals surface area contributed by atoms with Crippen molar-refractivity contribution in [2.75, 3.05) is 20.1 Å². The molecule has 0 heterocycles. The summed E-state index contributed by atoms with van der Waals surface area (Å²) in [5.74, 6) is 0.505. The van der Waals surface area contributed by atoms with Crippen LogP contribution in [0.5, 0.6) is 0 Å². The van der Waals surface area contributed by atoms with E-state index in [-0.39, 0.29) is 11.6 Å².